The van der Waals surface area contributed by atoms with Gasteiger partial charge in [0.2, 0.25) is 0 Å². The van der Waals surface area contributed by atoms with Crippen molar-refractivity contribution >= 4 is 5.65 Å². The Kier molecular flexibility index (Phi) is 4.24. The van der Waals surface area contributed by atoms with Gasteiger partial charge in [-0.25, -0.2) is 9.50 Å². The van der Waals surface area contributed by atoms with Gasteiger partial charge in [-0.05, 0) is 33.6 Å². The van der Waals surface area contributed by atoms with Crippen LogP contribution in [-0.4, -0.2) is 20.6 Å². The van der Waals surface area contributed by atoms with Gasteiger partial charge in [-0.2, -0.15) is 5.10 Å². The summed E-state index contributed by atoms with van der Waals surface area (Å²) >= 11 is 0. The molecular weight excluding hydrogens is 260 g/mol. The van der Waals surface area contributed by atoms with Crippen LogP contribution in [-0.2, 0) is 0 Å². The van der Waals surface area contributed by atoms with Gasteiger partial charge in [-0.3, -0.25) is 0 Å². The van der Waals surface area contributed by atoms with Crippen LogP contribution in [0, 0.1) is 13.8 Å². The molecule has 4 heteroatoms. The quantitative estimate of drug-likeness (QED) is 0.874. The van der Waals surface area contributed by atoms with Crippen molar-refractivity contribution in [2.75, 3.05) is 0 Å². The third-order valence-corrected chi connectivity index (χ3v) is 4.69. The molecule has 0 aliphatic heterocycles. The second-order valence-electron chi connectivity index (χ2n) is 6.43. The summed E-state index contributed by atoms with van der Waals surface area (Å²) in [6, 6.07) is 3.01. The Bertz CT molecular complexity index is 609. The van der Waals surface area contributed by atoms with Gasteiger partial charge in [0.05, 0.1) is 5.69 Å². The van der Waals surface area contributed by atoms with Gasteiger partial charge in [-0.15, -0.1) is 0 Å². The minimum atomic E-state index is 0.328. The fourth-order valence-electron chi connectivity index (χ4n) is 3.49. The molecule has 1 N–H and O–H groups in total. The summed E-state index contributed by atoms with van der Waals surface area (Å²) in [5.74, 6) is 0. The highest BCUT2D eigenvalue weighted by Gasteiger charge is 2.18. The van der Waals surface area contributed by atoms with Crippen LogP contribution >= 0.6 is 0 Å². The minimum Gasteiger partial charge on any atom is -0.307 e. The Morgan fingerprint density at radius 3 is 2.62 bits per heavy atom. The van der Waals surface area contributed by atoms with Gasteiger partial charge in [-0.1, -0.05) is 25.7 Å². The monoisotopic (exact) mass is 286 g/mol. The minimum absolute atomic E-state index is 0.328. The van der Waals surface area contributed by atoms with E-state index in [4.69, 9.17) is 0 Å². The summed E-state index contributed by atoms with van der Waals surface area (Å²) < 4.78 is 1.97. The Hall–Kier alpha value is -1.42. The molecule has 4 nitrogen and oxygen atoms in total. The number of nitrogens with zero attached hydrogens (tertiary/aromatic N) is 3. The predicted octanol–water partition coefficient (Wildman–Crippen LogP) is 3.72. The van der Waals surface area contributed by atoms with Gasteiger partial charge in [0.1, 0.15) is 0 Å². The summed E-state index contributed by atoms with van der Waals surface area (Å²) in [4.78, 5) is 4.56. The van der Waals surface area contributed by atoms with E-state index in [0.717, 1.165) is 11.3 Å². The number of aromatic nitrogens is 3. The average Bonchev–Trinajstić information content (AvgIpc) is 2.67. The molecule has 2 aromatic heterocycles. The van der Waals surface area contributed by atoms with E-state index < -0.39 is 0 Å². The van der Waals surface area contributed by atoms with Crippen molar-refractivity contribution in [1.82, 2.24) is 19.9 Å². The van der Waals surface area contributed by atoms with Crippen LogP contribution in [0.2, 0.25) is 0 Å². The zero-order valence-electron chi connectivity index (χ0n) is 13.4. The smallest absolute Gasteiger partial charge is 0.155 e. The Morgan fingerprint density at radius 2 is 1.90 bits per heavy atom. The van der Waals surface area contributed by atoms with Crippen LogP contribution < -0.4 is 5.32 Å². The van der Waals surface area contributed by atoms with Crippen LogP contribution in [0.15, 0.2) is 12.3 Å². The SMILES string of the molecule is Cc1cc2ncc(C(C)NC3CCCCCC3)c(C)n2n1. The predicted molar refractivity (Wildman–Crippen MR) is 85.5 cm³/mol. The molecule has 2 heterocycles. The van der Waals surface area contributed by atoms with E-state index in [0.29, 0.717) is 12.1 Å². The van der Waals surface area contributed by atoms with Crippen molar-refractivity contribution in [2.45, 2.75) is 71.4 Å². The van der Waals surface area contributed by atoms with Crippen molar-refractivity contribution < 1.29 is 0 Å². The van der Waals surface area contributed by atoms with Crippen molar-refractivity contribution in [2.24, 2.45) is 0 Å². The molecule has 21 heavy (non-hydrogen) atoms. The summed E-state index contributed by atoms with van der Waals surface area (Å²) in [7, 11) is 0. The van der Waals surface area contributed by atoms with Gasteiger partial charge >= 0.3 is 0 Å². The summed E-state index contributed by atoms with van der Waals surface area (Å²) in [5.41, 5.74) is 4.42. The van der Waals surface area contributed by atoms with Crippen LogP contribution in [0.1, 0.15) is 68.4 Å². The molecular formula is C17H26N4. The molecule has 2 aromatic rings. The van der Waals surface area contributed by atoms with E-state index in [9.17, 15) is 0 Å². The molecule has 1 atom stereocenters. The molecule has 1 unspecified atom stereocenters. The zero-order chi connectivity index (χ0) is 14.8. The Morgan fingerprint density at radius 1 is 1.19 bits per heavy atom. The molecule has 1 aliphatic carbocycles. The average molecular weight is 286 g/mol. The largest absolute Gasteiger partial charge is 0.307 e. The molecule has 0 radical (unpaired) electrons. The Labute approximate surface area is 127 Å². The van der Waals surface area contributed by atoms with Crippen molar-refractivity contribution in [3.05, 3.63) is 29.2 Å². The fraction of sp³-hybridized carbons (Fsp3) is 0.647. The lowest BCUT2D eigenvalue weighted by Crippen LogP contribution is -2.31. The third kappa shape index (κ3) is 3.10. The number of nitrogens with one attached hydrogen (secondary N) is 1. The first kappa shape index (κ1) is 14.5. The number of fused-ring (bicyclic) bond motifs is 1. The van der Waals surface area contributed by atoms with Crippen molar-refractivity contribution in [3.8, 4) is 0 Å². The number of rotatable bonds is 3. The molecule has 1 aliphatic rings. The van der Waals surface area contributed by atoms with Gasteiger partial charge in [0.15, 0.2) is 5.65 Å². The lowest BCUT2D eigenvalue weighted by atomic mass is 10.0. The number of hydrogen-bond donors (Lipinski definition) is 1. The van der Waals surface area contributed by atoms with Crippen LogP contribution in [0.3, 0.4) is 0 Å². The van der Waals surface area contributed by atoms with Gasteiger partial charge in [0.25, 0.3) is 0 Å². The van der Waals surface area contributed by atoms with E-state index in [1.807, 2.05) is 23.7 Å². The second kappa shape index (κ2) is 6.14. The maximum Gasteiger partial charge on any atom is 0.155 e. The van der Waals surface area contributed by atoms with Crippen LogP contribution in [0.5, 0.6) is 0 Å². The number of aryl methyl sites for hydroxylation is 2. The first-order valence-electron chi connectivity index (χ1n) is 8.23. The lowest BCUT2D eigenvalue weighted by Gasteiger charge is -2.23. The van der Waals surface area contributed by atoms with E-state index in [-0.39, 0.29) is 0 Å². The highest BCUT2D eigenvalue weighted by molar-refractivity contribution is 5.42. The van der Waals surface area contributed by atoms with Crippen LogP contribution in [0.4, 0.5) is 0 Å². The van der Waals surface area contributed by atoms with E-state index in [1.165, 1.54) is 49.8 Å². The molecule has 0 amide bonds. The summed E-state index contributed by atoms with van der Waals surface area (Å²) in [5, 5.41) is 8.35. The Balaban J connectivity index is 1.80. The normalized spacial score (nSPS) is 18.8. The molecule has 0 saturated heterocycles. The van der Waals surface area contributed by atoms with E-state index in [1.54, 1.807) is 0 Å². The maximum atomic E-state index is 4.56. The molecule has 114 valence electrons. The molecule has 0 spiro atoms. The summed E-state index contributed by atoms with van der Waals surface area (Å²) in [6.07, 6.45) is 10.1. The highest BCUT2D eigenvalue weighted by Crippen LogP contribution is 2.23. The highest BCUT2D eigenvalue weighted by atomic mass is 15.3. The summed E-state index contributed by atoms with van der Waals surface area (Å²) in [6.45, 7) is 6.40. The van der Waals surface area contributed by atoms with Gasteiger partial charge < -0.3 is 5.32 Å². The third-order valence-electron chi connectivity index (χ3n) is 4.69. The van der Waals surface area contributed by atoms with Crippen LogP contribution in [0.25, 0.3) is 5.65 Å². The zero-order valence-corrected chi connectivity index (χ0v) is 13.4. The van der Waals surface area contributed by atoms with Gasteiger partial charge in [0, 0.05) is 35.6 Å². The van der Waals surface area contributed by atoms with E-state index >= 15 is 0 Å². The lowest BCUT2D eigenvalue weighted by molar-refractivity contribution is 0.412. The fourth-order valence-corrected chi connectivity index (χ4v) is 3.49. The molecule has 1 saturated carbocycles. The molecule has 3 rings (SSSR count). The second-order valence-corrected chi connectivity index (χ2v) is 6.43. The topological polar surface area (TPSA) is 42.2 Å². The first-order chi connectivity index (χ1) is 10.1. The molecule has 0 bridgehead atoms. The molecule has 1 fully saturated rings. The standard InChI is InChI=1S/C17H26N4/c1-12-10-17-18-11-16(14(3)21(17)20-12)13(2)19-15-8-6-4-5-7-9-15/h10-11,13,15,19H,4-9H2,1-3H3. The van der Waals surface area contributed by atoms with Crippen molar-refractivity contribution in [1.29, 1.82) is 0 Å². The maximum absolute atomic E-state index is 4.56. The first-order valence-corrected chi connectivity index (χ1v) is 8.23. The van der Waals surface area contributed by atoms with E-state index in [2.05, 4.69) is 29.2 Å². The number of hydrogen-bond acceptors (Lipinski definition) is 3. The molecule has 0 aromatic carbocycles. The van der Waals surface area contributed by atoms with Crippen molar-refractivity contribution in [3.63, 3.8) is 0 Å².